The second kappa shape index (κ2) is 8.68. The smallest absolute Gasteiger partial charge is 0.339 e. The maximum Gasteiger partial charge on any atom is 0.339 e. The molecule has 0 aliphatic carbocycles. The summed E-state index contributed by atoms with van der Waals surface area (Å²) in [5.74, 6) is -0.948. The van der Waals surface area contributed by atoms with E-state index in [9.17, 15) is 4.79 Å². The number of nitrogens with zero attached hydrogens (tertiary/aromatic N) is 3. The Morgan fingerprint density at radius 2 is 2.05 bits per heavy atom. The van der Waals surface area contributed by atoms with Crippen LogP contribution < -0.4 is 0 Å². The van der Waals surface area contributed by atoms with Crippen molar-refractivity contribution in [1.82, 2.24) is 14.7 Å². The molecule has 1 heterocycles. The molecule has 1 rings (SSSR count). The Kier molecular flexibility index (Phi) is 7.21. The van der Waals surface area contributed by atoms with E-state index in [0.29, 0.717) is 25.5 Å². The third kappa shape index (κ3) is 4.92. The van der Waals surface area contributed by atoms with Gasteiger partial charge in [0.2, 0.25) is 0 Å². The van der Waals surface area contributed by atoms with Crippen LogP contribution in [-0.2, 0) is 23.1 Å². The Bertz CT molecular complexity index is 420. The van der Waals surface area contributed by atoms with E-state index in [0.717, 1.165) is 19.5 Å². The number of hydrogen-bond acceptors (Lipinski definition) is 5. The van der Waals surface area contributed by atoms with Crippen LogP contribution in [0.4, 0.5) is 0 Å². The van der Waals surface area contributed by atoms with E-state index in [-0.39, 0.29) is 5.56 Å². The van der Waals surface area contributed by atoms with Gasteiger partial charge in [0.1, 0.15) is 5.56 Å². The molecule has 0 aliphatic heterocycles. The number of carboxylic acids is 1. The maximum absolute atomic E-state index is 11.2. The normalized spacial score (nSPS) is 11.2. The number of ether oxygens (including phenoxy) is 2. The van der Waals surface area contributed by atoms with Gasteiger partial charge in [-0.2, -0.15) is 5.10 Å². The first kappa shape index (κ1) is 16.6. The van der Waals surface area contributed by atoms with Crippen molar-refractivity contribution < 1.29 is 19.4 Å². The fraction of sp³-hybridized carbons (Fsp3) is 0.692. The van der Waals surface area contributed by atoms with Gasteiger partial charge in [0.25, 0.3) is 0 Å². The lowest BCUT2D eigenvalue weighted by Gasteiger charge is -2.22. The number of methoxy groups -OCH3 is 2. The van der Waals surface area contributed by atoms with Gasteiger partial charge in [-0.3, -0.25) is 9.58 Å². The SMILES string of the molecule is COCCCN(CCOC)Cc1c(C(=O)O)cnn1C. The second-order valence-corrected chi connectivity index (χ2v) is 4.55. The lowest BCUT2D eigenvalue weighted by Crippen LogP contribution is -2.30. The van der Waals surface area contributed by atoms with Crippen molar-refractivity contribution in [2.24, 2.45) is 7.05 Å². The molecule has 0 saturated carbocycles. The standard InChI is InChI=1S/C13H23N3O4/c1-15-12(11(9-14-15)13(17)18)10-16(6-8-20-3)5-4-7-19-2/h9H,4-8,10H2,1-3H3,(H,17,18). The zero-order valence-electron chi connectivity index (χ0n) is 12.3. The highest BCUT2D eigenvalue weighted by molar-refractivity contribution is 5.88. The highest BCUT2D eigenvalue weighted by Gasteiger charge is 2.17. The zero-order chi connectivity index (χ0) is 15.0. The minimum atomic E-state index is -0.948. The molecule has 0 bridgehead atoms. The van der Waals surface area contributed by atoms with Gasteiger partial charge in [-0.25, -0.2) is 4.79 Å². The molecular formula is C13H23N3O4. The van der Waals surface area contributed by atoms with Crippen molar-refractivity contribution >= 4 is 5.97 Å². The zero-order valence-corrected chi connectivity index (χ0v) is 12.3. The van der Waals surface area contributed by atoms with E-state index in [1.807, 2.05) is 0 Å². The van der Waals surface area contributed by atoms with E-state index >= 15 is 0 Å². The van der Waals surface area contributed by atoms with Crippen molar-refractivity contribution in [2.45, 2.75) is 13.0 Å². The summed E-state index contributed by atoms with van der Waals surface area (Å²) in [6, 6.07) is 0. The molecule has 0 aromatic carbocycles. The monoisotopic (exact) mass is 285 g/mol. The first-order valence-corrected chi connectivity index (χ1v) is 6.54. The predicted molar refractivity (Wildman–Crippen MR) is 73.8 cm³/mol. The molecule has 0 spiro atoms. The molecule has 0 atom stereocenters. The summed E-state index contributed by atoms with van der Waals surface area (Å²) >= 11 is 0. The number of carboxylic acid groups (broad SMARTS) is 1. The number of carbonyl (C=O) groups is 1. The van der Waals surface area contributed by atoms with Crippen molar-refractivity contribution in [3.8, 4) is 0 Å². The largest absolute Gasteiger partial charge is 0.478 e. The number of aryl methyl sites for hydroxylation is 1. The molecule has 0 unspecified atom stereocenters. The van der Waals surface area contributed by atoms with Crippen molar-refractivity contribution in [2.75, 3.05) is 40.5 Å². The Labute approximate surface area is 119 Å². The van der Waals surface area contributed by atoms with Gasteiger partial charge in [-0.1, -0.05) is 0 Å². The number of aromatic carboxylic acids is 1. The van der Waals surface area contributed by atoms with Crippen molar-refractivity contribution in [3.63, 3.8) is 0 Å². The highest BCUT2D eigenvalue weighted by atomic mass is 16.5. The minimum Gasteiger partial charge on any atom is -0.478 e. The molecule has 0 radical (unpaired) electrons. The topological polar surface area (TPSA) is 76.8 Å². The molecule has 0 aliphatic rings. The summed E-state index contributed by atoms with van der Waals surface area (Å²) in [7, 11) is 5.08. The van der Waals surface area contributed by atoms with Crippen LogP contribution in [0, 0.1) is 0 Å². The van der Waals surface area contributed by atoms with Gasteiger partial charge in [-0.05, 0) is 6.42 Å². The van der Waals surface area contributed by atoms with E-state index in [1.54, 1.807) is 25.9 Å². The summed E-state index contributed by atoms with van der Waals surface area (Å²) in [5.41, 5.74) is 0.952. The third-order valence-electron chi connectivity index (χ3n) is 3.10. The van der Waals surface area contributed by atoms with Crippen LogP contribution in [0.5, 0.6) is 0 Å². The van der Waals surface area contributed by atoms with E-state index < -0.39 is 5.97 Å². The summed E-state index contributed by atoms with van der Waals surface area (Å²) in [6.45, 7) is 3.38. The van der Waals surface area contributed by atoms with Crippen LogP contribution in [0.25, 0.3) is 0 Å². The van der Waals surface area contributed by atoms with Gasteiger partial charge in [0, 0.05) is 47.5 Å². The van der Waals surface area contributed by atoms with Crippen molar-refractivity contribution in [3.05, 3.63) is 17.5 Å². The third-order valence-corrected chi connectivity index (χ3v) is 3.10. The van der Waals surface area contributed by atoms with E-state index in [1.165, 1.54) is 6.20 Å². The van der Waals surface area contributed by atoms with Crippen LogP contribution in [0.3, 0.4) is 0 Å². The summed E-state index contributed by atoms with van der Waals surface area (Å²) in [5, 5.41) is 13.2. The molecule has 1 aromatic rings. The first-order chi connectivity index (χ1) is 9.60. The molecule has 20 heavy (non-hydrogen) atoms. The van der Waals surface area contributed by atoms with Gasteiger partial charge in [-0.15, -0.1) is 0 Å². The fourth-order valence-corrected chi connectivity index (χ4v) is 1.96. The predicted octanol–water partition coefficient (Wildman–Crippen LogP) is 0.603. The number of aromatic nitrogens is 2. The fourth-order valence-electron chi connectivity index (χ4n) is 1.96. The van der Waals surface area contributed by atoms with E-state index in [2.05, 4.69) is 10.00 Å². The number of rotatable bonds is 10. The first-order valence-electron chi connectivity index (χ1n) is 6.54. The Balaban J connectivity index is 2.72. The van der Waals surface area contributed by atoms with Crippen LogP contribution >= 0.6 is 0 Å². The van der Waals surface area contributed by atoms with Crippen LogP contribution in [0.1, 0.15) is 22.5 Å². The minimum absolute atomic E-state index is 0.252. The Morgan fingerprint density at radius 3 is 2.65 bits per heavy atom. The molecule has 0 saturated heterocycles. The van der Waals surface area contributed by atoms with Gasteiger partial charge >= 0.3 is 5.97 Å². The molecular weight excluding hydrogens is 262 g/mol. The Hall–Kier alpha value is -1.44. The van der Waals surface area contributed by atoms with Crippen LogP contribution in [0.2, 0.25) is 0 Å². The maximum atomic E-state index is 11.2. The molecule has 0 fully saturated rings. The molecule has 7 heteroatoms. The second-order valence-electron chi connectivity index (χ2n) is 4.55. The molecule has 0 amide bonds. The van der Waals surface area contributed by atoms with Crippen LogP contribution in [-0.4, -0.2) is 66.3 Å². The van der Waals surface area contributed by atoms with Crippen LogP contribution in [0.15, 0.2) is 6.20 Å². The summed E-state index contributed by atoms with van der Waals surface area (Å²) in [6.07, 6.45) is 2.28. The lowest BCUT2D eigenvalue weighted by molar-refractivity contribution is 0.0693. The van der Waals surface area contributed by atoms with Crippen molar-refractivity contribution in [1.29, 1.82) is 0 Å². The Morgan fingerprint density at radius 1 is 1.35 bits per heavy atom. The molecule has 1 N–H and O–H groups in total. The molecule has 114 valence electrons. The summed E-state index contributed by atoms with van der Waals surface area (Å²) < 4.78 is 11.8. The van der Waals surface area contributed by atoms with E-state index in [4.69, 9.17) is 14.6 Å². The average molecular weight is 285 g/mol. The highest BCUT2D eigenvalue weighted by Crippen LogP contribution is 2.11. The van der Waals surface area contributed by atoms with Gasteiger partial charge in [0.15, 0.2) is 0 Å². The average Bonchev–Trinajstić information content (AvgIpc) is 2.77. The summed E-state index contributed by atoms with van der Waals surface area (Å²) in [4.78, 5) is 13.3. The molecule has 7 nitrogen and oxygen atoms in total. The lowest BCUT2D eigenvalue weighted by atomic mass is 10.2. The number of hydrogen-bond donors (Lipinski definition) is 1. The van der Waals surface area contributed by atoms with Gasteiger partial charge < -0.3 is 14.6 Å². The molecule has 1 aromatic heterocycles. The van der Waals surface area contributed by atoms with Gasteiger partial charge in [0.05, 0.1) is 18.5 Å². The quantitative estimate of drug-likeness (QED) is 0.635.